The summed E-state index contributed by atoms with van der Waals surface area (Å²) in [5.74, 6) is -3.20. The number of benzene rings is 1. The molecule has 0 saturated heterocycles. The molecule has 1 aromatic rings. The van der Waals surface area contributed by atoms with Gasteiger partial charge in [-0.15, -0.1) is 0 Å². The maximum absolute atomic E-state index is 13.5. The third-order valence-electron chi connectivity index (χ3n) is 2.49. The van der Waals surface area contributed by atoms with Gasteiger partial charge >= 0.3 is 0 Å². The topological polar surface area (TPSA) is 23.8 Å². The molecule has 0 aliphatic heterocycles. The molecule has 0 radical (unpaired) electrons. The van der Waals surface area contributed by atoms with Gasteiger partial charge in [0.2, 0.25) is 0 Å². The van der Waals surface area contributed by atoms with E-state index in [1.54, 1.807) is 0 Å². The minimum absolute atomic E-state index is 0.0269. The highest BCUT2D eigenvalue weighted by Crippen LogP contribution is 2.49. The number of hydrogen-bond acceptors (Lipinski definition) is 1. The average molecular weight is 193 g/mol. The molecule has 3 heteroatoms. The summed E-state index contributed by atoms with van der Waals surface area (Å²) in [6.07, 6.45) is 1.21. The lowest BCUT2D eigenvalue weighted by atomic mass is 10.0. The Labute approximate surface area is 81.0 Å². The monoisotopic (exact) mass is 193 g/mol. The first-order valence-electron chi connectivity index (χ1n) is 4.53. The molecule has 0 bridgehead atoms. The molecule has 1 aliphatic rings. The summed E-state index contributed by atoms with van der Waals surface area (Å²) in [5, 5.41) is 8.52. The van der Waals surface area contributed by atoms with Crippen molar-refractivity contribution in [3.05, 3.63) is 35.4 Å². The van der Waals surface area contributed by atoms with Crippen molar-refractivity contribution < 1.29 is 8.78 Å². The average Bonchev–Trinajstić information content (AvgIpc) is 3.01. The summed E-state index contributed by atoms with van der Waals surface area (Å²) in [7, 11) is 0. The van der Waals surface area contributed by atoms with Crippen LogP contribution in [0.3, 0.4) is 0 Å². The van der Waals surface area contributed by atoms with Gasteiger partial charge < -0.3 is 0 Å². The number of halogens is 2. The zero-order valence-electron chi connectivity index (χ0n) is 7.50. The lowest BCUT2D eigenvalue weighted by Crippen LogP contribution is -2.15. The second kappa shape index (κ2) is 3.06. The van der Waals surface area contributed by atoms with Gasteiger partial charge in [0, 0.05) is 11.5 Å². The van der Waals surface area contributed by atoms with E-state index < -0.39 is 11.8 Å². The Kier molecular flexibility index (Phi) is 1.99. The molecule has 0 heterocycles. The van der Waals surface area contributed by atoms with E-state index in [9.17, 15) is 8.78 Å². The first-order chi connectivity index (χ1) is 6.64. The van der Waals surface area contributed by atoms with Crippen LogP contribution in [-0.4, -0.2) is 0 Å². The van der Waals surface area contributed by atoms with Crippen LogP contribution in [0.1, 0.15) is 24.0 Å². The number of nitrogens with zero attached hydrogens (tertiary/aromatic N) is 1. The highest BCUT2D eigenvalue weighted by Gasteiger charge is 2.47. The van der Waals surface area contributed by atoms with Crippen LogP contribution in [0.25, 0.3) is 0 Å². The zero-order chi connectivity index (χ0) is 10.2. The predicted molar refractivity (Wildman–Crippen MR) is 47.8 cm³/mol. The quantitative estimate of drug-likeness (QED) is 0.708. The fraction of sp³-hybridized carbons (Fsp3) is 0.364. The van der Waals surface area contributed by atoms with Crippen LogP contribution in [-0.2, 0) is 5.92 Å². The molecule has 1 aromatic carbocycles. The van der Waals surface area contributed by atoms with Crippen LogP contribution in [0, 0.1) is 17.2 Å². The molecule has 2 rings (SSSR count). The normalized spacial score (nSPS) is 16.4. The van der Waals surface area contributed by atoms with Crippen molar-refractivity contribution in [2.75, 3.05) is 0 Å². The fourth-order valence-electron chi connectivity index (χ4n) is 1.45. The molecule has 0 aromatic heterocycles. The molecule has 14 heavy (non-hydrogen) atoms. The van der Waals surface area contributed by atoms with E-state index in [0.717, 1.165) is 0 Å². The summed E-state index contributed by atoms with van der Waals surface area (Å²) >= 11 is 0. The van der Waals surface area contributed by atoms with E-state index in [0.29, 0.717) is 18.4 Å². The maximum Gasteiger partial charge on any atom is 0.276 e. The van der Waals surface area contributed by atoms with Crippen LogP contribution in [0.2, 0.25) is 0 Å². The lowest BCUT2D eigenvalue weighted by molar-refractivity contribution is -0.0285. The van der Waals surface area contributed by atoms with Gasteiger partial charge in [-0.2, -0.15) is 5.26 Å². The summed E-state index contributed by atoms with van der Waals surface area (Å²) in [6.45, 7) is 0. The van der Waals surface area contributed by atoms with Crippen LogP contribution < -0.4 is 0 Å². The van der Waals surface area contributed by atoms with Gasteiger partial charge in [-0.25, -0.2) is 8.78 Å². The molecule has 1 saturated carbocycles. The highest BCUT2D eigenvalue weighted by molar-refractivity contribution is 5.33. The van der Waals surface area contributed by atoms with Crippen molar-refractivity contribution in [2.24, 2.45) is 5.92 Å². The van der Waals surface area contributed by atoms with Gasteiger partial charge in [0.1, 0.15) is 0 Å². The number of alkyl halides is 2. The van der Waals surface area contributed by atoms with Crippen LogP contribution in [0.5, 0.6) is 0 Å². The summed E-state index contributed by atoms with van der Waals surface area (Å²) in [5.41, 5.74) is 0.444. The predicted octanol–water partition coefficient (Wildman–Crippen LogP) is 3.06. The molecule has 1 nitrogen and oxygen atoms in total. The van der Waals surface area contributed by atoms with Crippen LogP contribution >= 0.6 is 0 Å². The van der Waals surface area contributed by atoms with E-state index >= 15 is 0 Å². The molecule has 0 amide bonds. The van der Waals surface area contributed by atoms with Crippen molar-refractivity contribution >= 4 is 0 Å². The molecule has 0 atom stereocenters. The van der Waals surface area contributed by atoms with Gasteiger partial charge in [-0.3, -0.25) is 0 Å². The largest absolute Gasteiger partial charge is 0.276 e. The third kappa shape index (κ3) is 1.48. The minimum atomic E-state index is -2.71. The summed E-state index contributed by atoms with van der Waals surface area (Å²) in [4.78, 5) is 0. The van der Waals surface area contributed by atoms with Gasteiger partial charge in [0.05, 0.1) is 11.6 Å². The Morgan fingerprint density at radius 1 is 1.21 bits per heavy atom. The summed E-state index contributed by atoms with van der Waals surface area (Å²) < 4.78 is 27.0. The van der Waals surface area contributed by atoms with E-state index in [-0.39, 0.29) is 5.56 Å². The van der Waals surface area contributed by atoms with Crippen molar-refractivity contribution in [3.8, 4) is 6.07 Å². The number of nitriles is 1. The SMILES string of the molecule is N#Cc1ccc(C(F)(F)C2CC2)cc1. The number of hydrogen-bond donors (Lipinski definition) is 0. The van der Waals surface area contributed by atoms with Gasteiger partial charge in [0.25, 0.3) is 5.92 Å². The van der Waals surface area contributed by atoms with Crippen LogP contribution in [0.15, 0.2) is 24.3 Å². The molecule has 0 unspecified atom stereocenters. The Morgan fingerprint density at radius 3 is 2.21 bits per heavy atom. The Balaban J connectivity index is 2.28. The third-order valence-corrected chi connectivity index (χ3v) is 2.49. The molecule has 1 aliphatic carbocycles. The Hall–Kier alpha value is -1.43. The first kappa shape index (κ1) is 9.14. The van der Waals surface area contributed by atoms with E-state index in [1.807, 2.05) is 6.07 Å². The Morgan fingerprint density at radius 2 is 1.79 bits per heavy atom. The molecular formula is C11H9F2N. The smallest absolute Gasteiger partial charge is 0.201 e. The van der Waals surface area contributed by atoms with Gasteiger partial charge in [0.15, 0.2) is 0 Å². The second-order valence-electron chi connectivity index (χ2n) is 3.59. The number of rotatable bonds is 2. The summed E-state index contributed by atoms with van der Waals surface area (Å²) in [6, 6.07) is 7.47. The van der Waals surface area contributed by atoms with Crippen molar-refractivity contribution in [2.45, 2.75) is 18.8 Å². The molecular weight excluding hydrogens is 184 g/mol. The second-order valence-corrected chi connectivity index (χ2v) is 3.59. The van der Waals surface area contributed by atoms with Crippen molar-refractivity contribution in [3.63, 3.8) is 0 Å². The van der Waals surface area contributed by atoms with Gasteiger partial charge in [-0.05, 0) is 25.0 Å². The van der Waals surface area contributed by atoms with Crippen molar-refractivity contribution in [1.29, 1.82) is 5.26 Å². The molecule has 0 N–H and O–H groups in total. The highest BCUT2D eigenvalue weighted by atomic mass is 19.3. The Bertz CT molecular complexity index is 371. The fourth-order valence-corrected chi connectivity index (χ4v) is 1.45. The van der Waals surface area contributed by atoms with Crippen LogP contribution in [0.4, 0.5) is 8.78 Å². The molecule has 0 spiro atoms. The van der Waals surface area contributed by atoms with Gasteiger partial charge in [-0.1, -0.05) is 12.1 Å². The molecule has 1 fully saturated rings. The maximum atomic E-state index is 13.5. The first-order valence-corrected chi connectivity index (χ1v) is 4.53. The lowest BCUT2D eigenvalue weighted by Gasteiger charge is -2.15. The van der Waals surface area contributed by atoms with E-state index in [1.165, 1.54) is 24.3 Å². The molecule has 72 valence electrons. The standard InChI is InChI=1S/C11H9F2N/c12-11(13,10-5-6-10)9-3-1-8(7-14)2-4-9/h1-4,10H,5-6H2. The zero-order valence-corrected chi connectivity index (χ0v) is 7.50. The van der Waals surface area contributed by atoms with E-state index in [2.05, 4.69) is 0 Å². The van der Waals surface area contributed by atoms with E-state index in [4.69, 9.17) is 5.26 Å². The minimum Gasteiger partial charge on any atom is -0.201 e. The van der Waals surface area contributed by atoms with Crippen molar-refractivity contribution in [1.82, 2.24) is 0 Å².